The summed E-state index contributed by atoms with van der Waals surface area (Å²) < 4.78 is 53.3. The summed E-state index contributed by atoms with van der Waals surface area (Å²) >= 11 is 0. The Morgan fingerprint density at radius 2 is 1.72 bits per heavy atom. The van der Waals surface area contributed by atoms with E-state index in [2.05, 4.69) is 4.98 Å². The molecule has 0 bridgehead atoms. The second-order valence-corrected chi connectivity index (χ2v) is 12.7. The fraction of sp³-hybridized carbons (Fsp3) is 0.379. The Morgan fingerprint density at radius 1 is 1.10 bits per heavy atom. The molecular weight excluding hydrogens is 523 g/mol. The SMILES string of the molecule is COc1nc2c(cc1F)CN(S(C)(=O)=O)c1c(C)c([C@H](OC(C)(C)C)C(=O)O)c(-c3ccc(C)cc3)c(C)c1-2. The van der Waals surface area contributed by atoms with E-state index in [0.29, 0.717) is 44.8 Å². The monoisotopic (exact) mass is 556 g/mol. The minimum absolute atomic E-state index is 0.170. The van der Waals surface area contributed by atoms with E-state index in [-0.39, 0.29) is 12.4 Å². The van der Waals surface area contributed by atoms with E-state index in [0.717, 1.165) is 17.4 Å². The highest BCUT2D eigenvalue weighted by Gasteiger charge is 2.39. The number of benzene rings is 2. The van der Waals surface area contributed by atoms with Gasteiger partial charge in [0, 0.05) is 16.7 Å². The van der Waals surface area contributed by atoms with E-state index in [9.17, 15) is 22.7 Å². The predicted octanol–water partition coefficient (Wildman–Crippen LogP) is 5.71. The summed E-state index contributed by atoms with van der Waals surface area (Å²) in [5.41, 5.74) is 4.40. The lowest BCUT2D eigenvalue weighted by Crippen LogP contribution is -2.35. The molecule has 0 unspecified atom stereocenters. The van der Waals surface area contributed by atoms with Crippen molar-refractivity contribution in [1.29, 1.82) is 0 Å². The summed E-state index contributed by atoms with van der Waals surface area (Å²) in [7, 11) is -2.56. The number of nitrogens with zero attached hydrogens (tertiary/aromatic N) is 2. The van der Waals surface area contributed by atoms with Crippen LogP contribution in [0, 0.1) is 26.6 Å². The first-order valence-electron chi connectivity index (χ1n) is 12.4. The van der Waals surface area contributed by atoms with Crippen LogP contribution in [-0.4, -0.2) is 43.4 Å². The number of methoxy groups -OCH3 is 1. The number of carbonyl (C=O) groups is 1. The molecule has 39 heavy (non-hydrogen) atoms. The highest BCUT2D eigenvalue weighted by Crippen LogP contribution is 2.51. The molecule has 0 fully saturated rings. The minimum atomic E-state index is -3.87. The predicted molar refractivity (Wildman–Crippen MR) is 148 cm³/mol. The maximum Gasteiger partial charge on any atom is 0.337 e. The first kappa shape index (κ1) is 28.5. The van der Waals surface area contributed by atoms with Crippen LogP contribution in [0.25, 0.3) is 22.4 Å². The van der Waals surface area contributed by atoms with Gasteiger partial charge in [0.2, 0.25) is 10.0 Å². The standard InChI is InChI=1S/C29H33FN2O6S/c1-15-9-11-18(12-10-15)21-16(2)23-24-19(13-20(30)27(31-24)37-7)14-32(39(8,35)36)25(23)17(3)22(21)26(28(33)34)38-29(4,5)6/h9-13,26H,14H2,1-8H3,(H,33,34)/t26-/m0/s1. The number of pyridine rings is 1. The zero-order valence-corrected chi connectivity index (χ0v) is 24.2. The van der Waals surface area contributed by atoms with Gasteiger partial charge in [-0.15, -0.1) is 0 Å². The van der Waals surface area contributed by atoms with Crippen molar-refractivity contribution in [2.24, 2.45) is 0 Å². The molecule has 1 aliphatic heterocycles. The molecule has 8 nitrogen and oxygen atoms in total. The number of rotatable bonds is 6. The second-order valence-electron chi connectivity index (χ2n) is 10.8. The number of aryl methyl sites for hydroxylation is 1. The third kappa shape index (κ3) is 5.23. The quantitative estimate of drug-likeness (QED) is 0.415. The van der Waals surface area contributed by atoms with Gasteiger partial charge in [-0.1, -0.05) is 29.8 Å². The van der Waals surface area contributed by atoms with E-state index >= 15 is 0 Å². The van der Waals surface area contributed by atoms with Gasteiger partial charge in [0.25, 0.3) is 5.88 Å². The molecule has 1 aliphatic rings. The Balaban J connectivity index is 2.23. The molecule has 3 aromatic rings. The van der Waals surface area contributed by atoms with Gasteiger partial charge in [-0.05, 0) is 69.9 Å². The number of aromatic nitrogens is 1. The summed E-state index contributed by atoms with van der Waals surface area (Å²) in [6, 6.07) is 8.85. The van der Waals surface area contributed by atoms with Crippen molar-refractivity contribution in [3.05, 3.63) is 64.0 Å². The van der Waals surface area contributed by atoms with Crippen LogP contribution in [-0.2, 0) is 26.1 Å². The van der Waals surface area contributed by atoms with Gasteiger partial charge in [-0.3, -0.25) is 4.31 Å². The molecule has 0 saturated carbocycles. The first-order valence-corrected chi connectivity index (χ1v) is 14.3. The largest absolute Gasteiger partial charge is 0.479 e. The molecule has 2 heterocycles. The van der Waals surface area contributed by atoms with Gasteiger partial charge >= 0.3 is 5.97 Å². The fourth-order valence-corrected chi connectivity index (χ4v) is 6.06. The molecule has 0 spiro atoms. The molecule has 0 radical (unpaired) electrons. The highest BCUT2D eigenvalue weighted by atomic mass is 32.2. The van der Waals surface area contributed by atoms with E-state index in [1.54, 1.807) is 34.6 Å². The highest BCUT2D eigenvalue weighted by molar-refractivity contribution is 7.92. The van der Waals surface area contributed by atoms with Gasteiger partial charge < -0.3 is 14.6 Å². The van der Waals surface area contributed by atoms with Crippen molar-refractivity contribution in [2.45, 2.75) is 59.8 Å². The van der Waals surface area contributed by atoms with Crippen LogP contribution in [0.15, 0.2) is 30.3 Å². The van der Waals surface area contributed by atoms with Gasteiger partial charge in [0.1, 0.15) is 0 Å². The maximum absolute atomic E-state index is 14.7. The maximum atomic E-state index is 14.7. The van der Waals surface area contributed by atoms with Crippen LogP contribution in [0.5, 0.6) is 5.88 Å². The van der Waals surface area contributed by atoms with E-state index in [1.807, 2.05) is 31.2 Å². The van der Waals surface area contributed by atoms with Crippen molar-refractivity contribution >= 4 is 21.7 Å². The molecule has 10 heteroatoms. The third-order valence-electron chi connectivity index (χ3n) is 6.73. The average Bonchev–Trinajstić information content (AvgIpc) is 2.82. The molecule has 2 aromatic carbocycles. The zero-order valence-electron chi connectivity index (χ0n) is 23.3. The Hall–Kier alpha value is -3.50. The number of fused-ring (bicyclic) bond motifs is 3. The van der Waals surface area contributed by atoms with Crippen molar-refractivity contribution in [2.75, 3.05) is 17.7 Å². The number of anilines is 1. The van der Waals surface area contributed by atoms with Crippen molar-refractivity contribution in [1.82, 2.24) is 4.98 Å². The van der Waals surface area contributed by atoms with Crippen LogP contribution >= 0.6 is 0 Å². The third-order valence-corrected chi connectivity index (χ3v) is 7.84. The minimum Gasteiger partial charge on any atom is -0.479 e. The Bertz CT molecular complexity index is 1580. The van der Waals surface area contributed by atoms with Gasteiger partial charge in [0.15, 0.2) is 11.9 Å². The molecule has 4 rings (SSSR count). The van der Waals surface area contributed by atoms with Crippen LogP contribution in [0.2, 0.25) is 0 Å². The Morgan fingerprint density at radius 3 is 2.23 bits per heavy atom. The number of aliphatic carboxylic acids is 1. The molecule has 1 atom stereocenters. The average molecular weight is 557 g/mol. The van der Waals surface area contributed by atoms with Crippen LogP contribution < -0.4 is 9.04 Å². The molecular formula is C29H33FN2O6S. The van der Waals surface area contributed by atoms with E-state index < -0.39 is 33.5 Å². The molecule has 1 aromatic heterocycles. The van der Waals surface area contributed by atoms with Crippen molar-refractivity contribution in [3.8, 4) is 28.3 Å². The lowest BCUT2D eigenvalue weighted by molar-refractivity contribution is -0.160. The summed E-state index contributed by atoms with van der Waals surface area (Å²) in [5.74, 6) is -2.13. The Kier molecular flexibility index (Phi) is 7.24. The van der Waals surface area contributed by atoms with E-state index in [4.69, 9.17) is 9.47 Å². The lowest BCUT2D eigenvalue weighted by Gasteiger charge is -2.37. The Labute approximate surface area is 228 Å². The summed E-state index contributed by atoms with van der Waals surface area (Å²) in [4.78, 5) is 17.2. The first-order chi connectivity index (χ1) is 18.0. The molecule has 1 N–H and O–H groups in total. The fourth-order valence-electron chi connectivity index (χ4n) is 5.12. The number of halogens is 1. The lowest BCUT2D eigenvalue weighted by atomic mass is 9.81. The number of hydrogen-bond acceptors (Lipinski definition) is 6. The summed E-state index contributed by atoms with van der Waals surface area (Å²) in [6.45, 7) is 10.5. The molecule has 0 aliphatic carbocycles. The zero-order chi connectivity index (χ0) is 29.0. The van der Waals surface area contributed by atoms with Crippen molar-refractivity contribution in [3.63, 3.8) is 0 Å². The van der Waals surface area contributed by atoms with Crippen LogP contribution in [0.4, 0.5) is 10.1 Å². The van der Waals surface area contributed by atoms with E-state index in [1.165, 1.54) is 17.5 Å². The number of sulfonamides is 1. The second kappa shape index (κ2) is 9.91. The smallest absolute Gasteiger partial charge is 0.337 e. The van der Waals surface area contributed by atoms with Gasteiger partial charge in [-0.2, -0.15) is 0 Å². The summed E-state index contributed by atoms with van der Waals surface area (Å²) in [6.07, 6.45) is -0.332. The van der Waals surface area contributed by atoms with Crippen LogP contribution in [0.3, 0.4) is 0 Å². The number of carboxylic acid groups (broad SMARTS) is 1. The molecule has 0 amide bonds. The number of carboxylic acids is 1. The van der Waals surface area contributed by atoms with Crippen molar-refractivity contribution < 1.29 is 32.2 Å². The molecule has 208 valence electrons. The van der Waals surface area contributed by atoms with Crippen LogP contribution in [0.1, 0.15) is 54.7 Å². The number of ether oxygens (including phenoxy) is 2. The normalized spacial score (nSPS) is 14.0. The topological polar surface area (TPSA) is 106 Å². The summed E-state index contributed by atoms with van der Waals surface area (Å²) in [5, 5.41) is 10.4. The number of hydrogen-bond donors (Lipinski definition) is 1. The van der Waals surface area contributed by atoms with Gasteiger partial charge in [-0.25, -0.2) is 22.6 Å². The van der Waals surface area contributed by atoms with Gasteiger partial charge in [0.05, 0.1) is 36.9 Å². The molecule has 0 saturated heterocycles.